The SMILES string of the molecule is CC(C)(C)C1C2CCCC1CNC2. The summed E-state index contributed by atoms with van der Waals surface area (Å²) < 4.78 is 0. The van der Waals surface area contributed by atoms with E-state index in [9.17, 15) is 0 Å². The Hall–Kier alpha value is -0.0400. The lowest BCUT2D eigenvalue weighted by Crippen LogP contribution is -2.50. The normalized spacial score (nSPS) is 40.4. The van der Waals surface area contributed by atoms with Crippen LogP contribution in [0.15, 0.2) is 0 Å². The topological polar surface area (TPSA) is 12.0 Å². The molecule has 1 aliphatic heterocycles. The number of piperidine rings is 1. The lowest BCUT2D eigenvalue weighted by atomic mass is 9.60. The second kappa shape index (κ2) is 3.27. The van der Waals surface area contributed by atoms with Crippen LogP contribution in [0.2, 0.25) is 0 Å². The van der Waals surface area contributed by atoms with E-state index < -0.39 is 0 Å². The van der Waals surface area contributed by atoms with Crippen LogP contribution in [0.1, 0.15) is 40.0 Å². The van der Waals surface area contributed by atoms with Gasteiger partial charge in [-0.25, -0.2) is 0 Å². The van der Waals surface area contributed by atoms with E-state index in [2.05, 4.69) is 26.1 Å². The molecule has 1 heterocycles. The van der Waals surface area contributed by atoms with Crippen LogP contribution in [0.4, 0.5) is 0 Å². The quantitative estimate of drug-likeness (QED) is 0.606. The Morgan fingerprint density at radius 2 is 1.54 bits per heavy atom. The fraction of sp³-hybridized carbons (Fsp3) is 1.00. The highest BCUT2D eigenvalue weighted by molar-refractivity contribution is 4.93. The van der Waals surface area contributed by atoms with Gasteiger partial charge in [-0.15, -0.1) is 0 Å². The molecule has 2 aliphatic rings. The zero-order valence-corrected chi connectivity index (χ0v) is 9.27. The predicted octanol–water partition coefficient (Wildman–Crippen LogP) is 2.67. The predicted molar refractivity (Wildman–Crippen MR) is 56.6 cm³/mol. The third-order valence-electron chi connectivity index (χ3n) is 3.98. The van der Waals surface area contributed by atoms with Crippen molar-refractivity contribution in [1.82, 2.24) is 5.32 Å². The highest BCUT2D eigenvalue weighted by atomic mass is 14.9. The third kappa shape index (κ3) is 1.76. The standard InChI is InChI=1S/C12H23N/c1-12(2,3)11-9-5-4-6-10(11)8-13-7-9/h9-11,13H,4-8H2,1-3H3. The molecule has 1 saturated heterocycles. The van der Waals surface area contributed by atoms with Crippen molar-refractivity contribution in [2.75, 3.05) is 13.1 Å². The Balaban J connectivity index is 2.15. The molecule has 76 valence electrons. The largest absolute Gasteiger partial charge is 0.316 e. The minimum absolute atomic E-state index is 0.526. The summed E-state index contributed by atoms with van der Waals surface area (Å²) in [6.07, 6.45) is 4.40. The van der Waals surface area contributed by atoms with E-state index in [4.69, 9.17) is 0 Å². The van der Waals surface area contributed by atoms with Crippen molar-refractivity contribution in [3.8, 4) is 0 Å². The van der Waals surface area contributed by atoms with Crippen molar-refractivity contribution >= 4 is 0 Å². The highest BCUT2D eigenvalue weighted by Gasteiger charge is 2.42. The van der Waals surface area contributed by atoms with E-state index in [0.717, 1.165) is 17.8 Å². The van der Waals surface area contributed by atoms with Crippen LogP contribution in [0.3, 0.4) is 0 Å². The van der Waals surface area contributed by atoms with Gasteiger partial charge in [0.2, 0.25) is 0 Å². The summed E-state index contributed by atoms with van der Waals surface area (Å²) in [7, 11) is 0. The first kappa shape index (κ1) is 9.51. The average molecular weight is 181 g/mol. The molecular formula is C12H23N. The molecule has 1 N–H and O–H groups in total. The molecule has 0 spiro atoms. The van der Waals surface area contributed by atoms with E-state index in [-0.39, 0.29) is 0 Å². The molecule has 1 saturated carbocycles. The zero-order valence-electron chi connectivity index (χ0n) is 9.27. The maximum absolute atomic E-state index is 3.59. The lowest BCUT2D eigenvalue weighted by Gasteiger charge is -2.49. The fourth-order valence-corrected chi connectivity index (χ4v) is 3.71. The van der Waals surface area contributed by atoms with Crippen molar-refractivity contribution in [3.05, 3.63) is 0 Å². The Kier molecular flexibility index (Phi) is 2.39. The van der Waals surface area contributed by atoms with Gasteiger partial charge in [-0.3, -0.25) is 0 Å². The van der Waals surface area contributed by atoms with Crippen LogP contribution in [-0.4, -0.2) is 13.1 Å². The first-order chi connectivity index (χ1) is 6.09. The smallest absolute Gasteiger partial charge is 0.00174 e. The molecule has 0 aromatic heterocycles. The summed E-state index contributed by atoms with van der Waals surface area (Å²) >= 11 is 0. The van der Waals surface area contributed by atoms with Crippen LogP contribution in [0, 0.1) is 23.2 Å². The van der Waals surface area contributed by atoms with Gasteiger partial charge in [0.25, 0.3) is 0 Å². The minimum Gasteiger partial charge on any atom is -0.316 e. The van der Waals surface area contributed by atoms with Crippen LogP contribution in [0.25, 0.3) is 0 Å². The second-order valence-electron chi connectivity index (χ2n) is 6.00. The molecule has 1 aliphatic carbocycles. The number of fused-ring (bicyclic) bond motifs is 2. The van der Waals surface area contributed by atoms with Gasteiger partial charge >= 0.3 is 0 Å². The van der Waals surface area contributed by atoms with Gasteiger partial charge in [0, 0.05) is 0 Å². The summed E-state index contributed by atoms with van der Waals surface area (Å²) in [5.41, 5.74) is 0.526. The van der Waals surface area contributed by atoms with E-state index in [1.54, 1.807) is 0 Å². The van der Waals surface area contributed by atoms with Crippen molar-refractivity contribution < 1.29 is 0 Å². The molecular weight excluding hydrogens is 158 g/mol. The first-order valence-corrected chi connectivity index (χ1v) is 5.80. The number of rotatable bonds is 0. The van der Waals surface area contributed by atoms with Gasteiger partial charge in [-0.1, -0.05) is 27.2 Å². The molecule has 2 fully saturated rings. The minimum atomic E-state index is 0.526. The second-order valence-corrected chi connectivity index (χ2v) is 6.00. The van der Waals surface area contributed by atoms with Gasteiger partial charge in [-0.05, 0) is 49.1 Å². The molecule has 2 bridgehead atoms. The molecule has 0 aromatic rings. The van der Waals surface area contributed by atoms with Crippen molar-refractivity contribution in [2.24, 2.45) is 23.2 Å². The average Bonchev–Trinajstić information content (AvgIpc) is 2.01. The number of hydrogen-bond donors (Lipinski definition) is 1. The number of nitrogens with one attached hydrogen (secondary N) is 1. The molecule has 1 nitrogen and oxygen atoms in total. The molecule has 0 aromatic carbocycles. The van der Waals surface area contributed by atoms with Crippen LogP contribution < -0.4 is 5.32 Å². The Morgan fingerprint density at radius 1 is 1.00 bits per heavy atom. The first-order valence-electron chi connectivity index (χ1n) is 5.80. The summed E-state index contributed by atoms with van der Waals surface area (Å²) in [6.45, 7) is 9.83. The molecule has 2 unspecified atom stereocenters. The fourth-order valence-electron chi connectivity index (χ4n) is 3.71. The monoisotopic (exact) mass is 181 g/mol. The maximum Gasteiger partial charge on any atom is -0.00174 e. The van der Waals surface area contributed by atoms with E-state index >= 15 is 0 Å². The van der Waals surface area contributed by atoms with Crippen LogP contribution in [-0.2, 0) is 0 Å². The third-order valence-corrected chi connectivity index (χ3v) is 3.98. The van der Waals surface area contributed by atoms with E-state index in [1.807, 2.05) is 0 Å². The Bertz CT molecular complexity index is 158. The van der Waals surface area contributed by atoms with Gasteiger partial charge in [-0.2, -0.15) is 0 Å². The Morgan fingerprint density at radius 3 is 1.92 bits per heavy atom. The van der Waals surface area contributed by atoms with Crippen molar-refractivity contribution in [2.45, 2.75) is 40.0 Å². The molecule has 2 rings (SSSR count). The maximum atomic E-state index is 3.59. The van der Waals surface area contributed by atoms with E-state index in [1.165, 1.54) is 32.4 Å². The molecule has 1 heteroatoms. The van der Waals surface area contributed by atoms with Crippen molar-refractivity contribution in [1.29, 1.82) is 0 Å². The van der Waals surface area contributed by atoms with Gasteiger partial charge in [0.15, 0.2) is 0 Å². The van der Waals surface area contributed by atoms with Gasteiger partial charge < -0.3 is 5.32 Å². The molecule has 0 radical (unpaired) electrons. The van der Waals surface area contributed by atoms with Crippen LogP contribution in [0.5, 0.6) is 0 Å². The summed E-state index contributed by atoms with van der Waals surface area (Å²) in [5.74, 6) is 2.91. The van der Waals surface area contributed by atoms with Gasteiger partial charge in [0.05, 0.1) is 0 Å². The number of hydrogen-bond acceptors (Lipinski definition) is 1. The molecule has 0 amide bonds. The van der Waals surface area contributed by atoms with Gasteiger partial charge in [0.1, 0.15) is 0 Å². The summed E-state index contributed by atoms with van der Waals surface area (Å²) in [5, 5.41) is 3.59. The zero-order chi connectivity index (χ0) is 9.47. The van der Waals surface area contributed by atoms with Crippen LogP contribution >= 0.6 is 0 Å². The Labute approximate surface area is 82.3 Å². The summed E-state index contributed by atoms with van der Waals surface area (Å²) in [4.78, 5) is 0. The molecule has 13 heavy (non-hydrogen) atoms. The van der Waals surface area contributed by atoms with E-state index in [0.29, 0.717) is 5.41 Å². The molecule has 2 atom stereocenters. The summed E-state index contributed by atoms with van der Waals surface area (Å²) in [6, 6.07) is 0. The highest BCUT2D eigenvalue weighted by Crippen LogP contribution is 2.46. The lowest BCUT2D eigenvalue weighted by molar-refractivity contribution is 0.0213. The van der Waals surface area contributed by atoms with Crippen molar-refractivity contribution in [3.63, 3.8) is 0 Å².